The van der Waals surface area contributed by atoms with Crippen LogP contribution in [0.3, 0.4) is 0 Å². The van der Waals surface area contributed by atoms with E-state index in [0.717, 1.165) is 13.0 Å². The summed E-state index contributed by atoms with van der Waals surface area (Å²) in [6, 6.07) is 4.62. The second-order valence-corrected chi connectivity index (χ2v) is 8.90. The number of nitrogens with zero attached hydrogens (tertiary/aromatic N) is 2. The summed E-state index contributed by atoms with van der Waals surface area (Å²) < 4.78 is 56.3. The van der Waals surface area contributed by atoms with Gasteiger partial charge in [0.25, 0.3) is 5.91 Å². The lowest BCUT2D eigenvalue weighted by atomic mass is 10.1. The topological polar surface area (TPSA) is 153 Å². The number of nitrogens with two attached hydrogens (primary N) is 1. The van der Waals surface area contributed by atoms with Crippen molar-refractivity contribution in [3.63, 3.8) is 0 Å². The minimum atomic E-state index is -4.45. The fourth-order valence-corrected chi connectivity index (χ4v) is 3.74. The van der Waals surface area contributed by atoms with Crippen molar-refractivity contribution in [3.8, 4) is 0 Å². The van der Waals surface area contributed by atoms with Gasteiger partial charge in [0.05, 0.1) is 17.1 Å². The molecule has 0 unspecified atom stereocenters. The van der Waals surface area contributed by atoms with Gasteiger partial charge in [0.15, 0.2) is 12.3 Å². The summed E-state index contributed by atoms with van der Waals surface area (Å²) in [7, 11) is -4.45. The van der Waals surface area contributed by atoms with E-state index in [-0.39, 0.29) is 17.8 Å². The summed E-state index contributed by atoms with van der Waals surface area (Å²) in [5.74, 6) is -3.48. The lowest BCUT2D eigenvalue weighted by Crippen LogP contribution is -2.22. The molecule has 3 aromatic rings. The smallest absolute Gasteiger partial charge is 0.303 e. The van der Waals surface area contributed by atoms with E-state index < -0.39 is 45.0 Å². The Morgan fingerprint density at radius 3 is 2.44 bits per heavy atom. The first kappa shape index (κ1) is 24.9. The van der Waals surface area contributed by atoms with Gasteiger partial charge in [-0.05, 0) is 38.1 Å². The molecule has 34 heavy (non-hydrogen) atoms. The molecular weight excluding hydrogens is 472 g/mol. The van der Waals surface area contributed by atoms with Crippen LogP contribution in [0.4, 0.5) is 20.2 Å². The fourth-order valence-electron chi connectivity index (χ4n) is 3.14. The number of halogens is 2. The Balaban J connectivity index is 2.02. The average Bonchev–Trinajstić information content (AvgIpc) is 2.73. The third kappa shape index (κ3) is 5.61. The predicted octanol–water partition coefficient (Wildman–Crippen LogP) is 2.29. The molecule has 2 heterocycles. The number of aryl methyl sites for hydroxylation is 2. The van der Waals surface area contributed by atoms with Crippen molar-refractivity contribution in [2.45, 2.75) is 32.2 Å². The van der Waals surface area contributed by atoms with E-state index >= 15 is 0 Å². The summed E-state index contributed by atoms with van der Waals surface area (Å²) in [4.78, 5) is 31.1. The minimum absolute atomic E-state index is 0.190. The number of benzene rings is 1. The quantitative estimate of drug-likeness (QED) is 0.424. The maximum absolute atomic E-state index is 14.5. The molecule has 3 rings (SSSR count). The Labute approximate surface area is 193 Å². The van der Waals surface area contributed by atoms with Crippen LogP contribution in [0.15, 0.2) is 29.2 Å². The van der Waals surface area contributed by atoms with E-state index in [1.807, 2.05) is 0 Å². The Hall–Kier alpha value is -3.71. The van der Waals surface area contributed by atoms with Crippen molar-refractivity contribution in [2.75, 3.05) is 17.2 Å². The summed E-state index contributed by atoms with van der Waals surface area (Å²) in [5, 5.41) is 10.9. The number of hydrogen-bond acceptors (Lipinski definition) is 8. The Morgan fingerprint density at radius 1 is 1.09 bits per heavy atom. The zero-order valence-corrected chi connectivity index (χ0v) is 19.2. The molecule has 10 nitrogen and oxygen atoms in total. The number of ether oxygens (including phenoxy) is 1. The van der Waals surface area contributed by atoms with Gasteiger partial charge in [-0.2, -0.15) is 0 Å². The highest BCUT2D eigenvalue weighted by atomic mass is 32.2. The SMILES string of the molecule is CC(=O)OCC(=O)Nc1c(C)nc2nc(C)ccc2c1NCc1cc(F)c(S(N)(=O)=O)cc1F. The minimum Gasteiger partial charge on any atom is -0.456 e. The number of carbonyl (C=O) groups excluding carboxylic acids is 2. The Bertz CT molecular complexity index is 1410. The van der Waals surface area contributed by atoms with E-state index in [1.54, 1.807) is 26.0 Å². The summed E-state index contributed by atoms with van der Waals surface area (Å²) in [5.41, 5.74) is 1.72. The number of rotatable bonds is 7. The van der Waals surface area contributed by atoms with Gasteiger partial charge in [0.1, 0.15) is 16.5 Å². The normalized spacial score (nSPS) is 11.4. The second-order valence-electron chi connectivity index (χ2n) is 7.37. The first-order chi connectivity index (χ1) is 15.9. The molecule has 4 N–H and O–H groups in total. The Kier molecular flexibility index (Phi) is 7.07. The first-order valence-corrected chi connectivity index (χ1v) is 11.4. The number of sulfonamides is 1. The van der Waals surface area contributed by atoms with Crippen LogP contribution in [-0.4, -0.2) is 36.9 Å². The molecule has 0 aliphatic carbocycles. The number of fused-ring (bicyclic) bond motifs is 1. The number of primary sulfonamides is 1. The molecule has 1 amide bonds. The molecule has 0 spiro atoms. The van der Waals surface area contributed by atoms with Crippen LogP contribution in [0.25, 0.3) is 11.0 Å². The number of esters is 1. The third-order valence-electron chi connectivity index (χ3n) is 4.70. The standard InChI is InChI=1S/C21H21F2N5O5S/c1-10-4-5-14-20(25-8-13-6-16(23)17(7-15(13)22)34(24,31)32)19(11(2)27-21(14)26-10)28-18(30)9-33-12(3)29/h4-7H,8-9H2,1-3H3,(H,28,30)(H2,24,31,32)(H,25,26,27). The molecular formula is C21H21F2N5O5S. The number of nitrogens with one attached hydrogen (secondary N) is 2. The zero-order chi connectivity index (χ0) is 25.2. The van der Waals surface area contributed by atoms with Crippen LogP contribution in [0, 0.1) is 25.5 Å². The van der Waals surface area contributed by atoms with Gasteiger partial charge < -0.3 is 15.4 Å². The highest BCUT2D eigenvalue weighted by molar-refractivity contribution is 7.89. The lowest BCUT2D eigenvalue weighted by Gasteiger charge is -2.18. The Morgan fingerprint density at radius 2 is 1.79 bits per heavy atom. The molecule has 0 saturated heterocycles. The fraction of sp³-hybridized carbons (Fsp3) is 0.238. The summed E-state index contributed by atoms with van der Waals surface area (Å²) in [6.07, 6.45) is 0. The molecule has 0 fully saturated rings. The number of amides is 1. The maximum atomic E-state index is 14.5. The highest BCUT2D eigenvalue weighted by Gasteiger charge is 2.20. The van der Waals surface area contributed by atoms with E-state index in [1.165, 1.54) is 0 Å². The van der Waals surface area contributed by atoms with Gasteiger partial charge in [0, 0.05) is 30.1 Å². The molecule has 1 aromatic carbocycles. The van der Waals surface area contributed by atoms with Crippen LogP contribution < -0.4 is 15.8 Å². The largest absolute Gasteiger partial charge is 0.456 e. The first-order valence-electron chi connectivity index (χ1n) is 9.82. The molecule has 0 atom stereocenters. The van der Waals surface area contributed by atoms with Crippen molar-refractivity contribution in [1.29, 1.82) is 0 Å². The predicted molar refractivity (Wildman–Crippen MR) is 119 cm³/mol. The third-order valence-corrected chi connectivity index (χ3v) is 5.63. The van der Waals surface area contributed by atoms with E-state index in [9.17, 15) is 26.8 Å². The van der Waals surface area contributed by atoms with E-state index in [4.69, 9.17) is 9.88 Å². The average molecular weight is 493 g/mol. The van der Waals surface area contributed by atoms with Gasteiger partial charge in [-0.25, -0.2) is 32.3 Å². The van der Waals surface area contributed by atoms with E-state index in [2.05, 4.69) is 20.6 Å². The molecule has 0 aliphatic rings. The van der Waals surface area contributed by atoms with Crippen molar-refractivity contribution in [1.82, 2.24) is 9.97 Å². The van der Waals surface area contributed by atoms with Crippen LogP contribution >= 0.6 is 0 Å². The number of aromatic nitrogens is 2. The maximum Gasteiger partial charge on any atom is 0.303 e. The number of pyridine rings is 2. The van der Waals surface area contributed by atoms with E-state index in [0.29, 0.717) is 34.2 Å². The molecule has 13 heteroatoms. The van der Waals surface area contributed by atoms with Crippen molar-refractivity contribution in [3.05, 3.63) is 52.9 Å². The number of hydrogen-bond donors (Lipinski definition) is 3. The highest BCUT2D eigenvalue weighted by Crippen LogP contribution is 2.33. The summed E-state index contributed by atoms with van der Waals surface area (Å²) >= 11 is 0. The lowest BCUT2D eigenvalue weighted by molar-refractivity contribution is -0.144. The molecule has 0 aliphatic heterocycles. The molecule has 180 valence electrons. The number of carbonyl (C=O) groups is 2. The van der Waals surface area contributed by atoms with Gasteiger partial charge in [-0.15, -0.1) is 0 Å². The number of anilines is 2. The molecule has 0 radical (unpaired) electrons. The molecule has 0 saturated carbocycles. The molecule has 2 aromatic heterocycles. The van der Waals surface area contributed by atoms with Crippen molar-refractivity contribution < 1.29 is 31.5 Å². The van der Waals surface area contributed by atoms with Crippen LogP contribution in [0.2, 0.25) is 0 Å². The summed E-state index contributed by atoms with van der Waals surface area (Å²) in [6.45, 7) is 3.72. The monoisotopic (exact) mass is 493 g/mol. The van der Waals surface area contributed by atoms with Gasteiger partial charge in [-0.3, -0.25) is 9.59 Å². The van der Waals surface area contributed by atoms with Crippen molar-refractivity contribution >= 4 is 44.3 Å². The van der Waals surface area contributed by atoms with Gasteiger partial charge in [0.2, 0.25) is 10.0 Å². The van der Waals surface area contributed by atoms with Crippen LogP contribution in [0.1, 0.15) is 23.9 Å². The second kappa shape index (κ2) is 9.65. The molecule has 0 bridgehead atoms. The van der Waals surface area contributed by atoms with Crippen LogP contribution in [0.5, 0.6) is 0 Å². The van der Waals surface area contributed by atoms with Crippen molar-refractivity contribution in [2.24, 2.45) is 5.14 Å². The van der Waals surface area contributed by atoms with Gasteiger partial charge >= 0.3 is 5.97 Å². The zero-order valence-electron chi connectivity index (χ0n) is 18.4. The van der Waals surface area contributed by atoms with Crippen LogP contribution in [-0.2, 0) is 30.9 Å². The van der Waals surface area contributed by atoms with Gasteiger partial charge in [-0.1, -0.05) is 0 Å².